The van der Waals surface area contributed by atoms with Gasteiger partial charge in [-0.3, -0.25) is 19.2 Å². The van der Waals surface area contributed by atoms with Crippen LogP contribution in [-0.4, -0.2) is 47.0 Å². The fraction of sp³-hybridized carbons (Fsp3) is 0.500. The summed E-state index contributed by atoms with van der Waals surface area (Å²) >= 11 is 0. The van der Waals surface area contributed by atoms with E-state index in [1.165, 1.54) is 27.7 Å². The summed E-state index contributed by atoms with van der Waals surface area (Å²) in [5.41, 5.74) is 0. The summed E-state index contributed by atoms with van der Waals surface area (Å²) in [4.78, 5) is 77.2. The van der Waals surface area contributed by atoms with Gasteiger partial charge in [-0.15, -0.1) is 0 Å². The topological polar surface area (TPSA) is 229 Å². The Morgan fingerprint density at radius 2 is 0.500 bits per heavy atom. The molecule has 0 aliphatic heterocycles. The van der Waals surface area contributed by atoms with Crippen LogP contribution < -0.4 is 20.4 Å². The zero-order chi connectivity index (χ0) is 23.4. The van der Waals surface area contributed by atoms with E-state index in [-0.39, 0.29) is 57.3 Å². The molecule has 0 saturated carbocycles. The molecule has 0 aromatic carbocycles. The second-order valence-electron chi connectivity index (χ2n) is 5.00. The average molecular weight is 531 g/mol. The van der Waals surface area contributed by atoms with Gasteiger partial charge in [-0.1, -0.05) is 0 Å². The van der Waals surface area contributed by atoms with E-state index in [1.54, 1.807) is 0 Å². The predicted molar refractivity (Wildman–Crippen MR) is 81.2 cm³/mol. The van der Waals surface area contributed by atoms with Crippen LogP contribution >= 0.6 is 0 Å². The van der Waals surface area contributed by atoms with Crippen LogP contribution in [0.4, 0.5) is 0 Å². The molecule has 0 amide bonds. The standard InChI is InChI=1S/4C4H6O3.2Cu/c4*1-3(5)2-4(6)7;;/h4*2H2,1H3,(H,6,7);;/q;;;;2*+2/p-4. The molecule has 12 nitrogen and oxygen atoms in total. The number of ketones is 4. The summed E-state index contributed by atoms with van der Waals surface area (Å²) in [6.07, 6.45) is -1.89. The number of hydrogen-bond donors (Lipinski definition) is 0. The van der Waals surface area contributed by atoms with Crippen LogP contribution in [0.15, 0.2) is 0 Å². The zero-order valence-electron chi connectivity index (χ0n) is 16.3. The van der Waals surface area contributed by atoms with E-state index < -0.39 is 49.6 Å². The van der Waals surface area contributed by atoms with Crippen molar-refractivity contribution in [2.45, 2.75) is 53.4 Å². The molecular weight excluding hydrogens is 511 g/mol. The molecular formula is C16H20Cu2O12. The quantitative estimate of drug-likeness (QED) is 0.211. The van der Waals surface area contributed by atoms with E-state index in [2.05, 4.69) is 0 Å². The van der Waals surface area contributed by atoms with Crippen molar-refractivity contribution in [3.05, 3.63) is 0 Å². The van der Waals surface area contributed by atoms with Crippen molar-refractivity contribution in [3.8, 4) is 0 Å². The Hall–Kier alpha value is -2.40. The molecule has 0 rings (SSSR count). The molecule has 0 atom stereocenters. The van der Waals surface area contributed by atoms with Gasteiger partial charge >= 0.3 is 34.1 Å². The minimum absolute atomic E-state index is 0. The Labute approximate surface area is 193 Å². The molecule has 0 aromatic heterocycles. The van der Waals surface area contributed by atoms with Crippen LogP contribution in [0.5, 0.6) is 0 Å². The van der Waals surface area contributed by atoms with E-state index in [4.69, 9.17) is 0 Å². The van der Waals surface area contributed by atoms with Crippen molar-refractivity contribution in [3.63, 3.8) is 0 Å². The molecule has 2 radical (unpaired) electrons. The first kappa shape index (κ1) is 41.9. The van der Waals surface area contributed by atoms with E-state index >= 15 is 0 Å². The van der Waals surface area contributed by atoms with Gasteiger partial charge in [0.1, 0.15) is 23.1 Å². The molecule has 30 heavy (non-hydrogen) atoms. The summed E-state index contributed by atoms with van der Waals surface area (Å²) in [5, 5.41) is 37.9. The average Bonchev–Trinajstić information content (AvgIpc) is 2.32. The fourth-order valence-corrected chi connectivity index (χ4v) is 0.813. The van der Waals surface area contributed by atoms with Crippen LogP contribution in [0.3, 0.4) is 0 Å². The first-order valence-corrected chi connectivity index (χ1v) is 7.28. The molecule has 0 heterocycles. The minimum atomic E-state index is -1.31. The van der Waals surface area contributed by atoms with Gasteiger partial charge in [-0.2, -0.15) is 0 Å². The molecule has 0 N–H and O–H groups in total. The normalized spacial score (nSPS) is 7.60. The number of Topliss-reactive ketones (excluding diaryl/α,β-unsaturated/α-hetero) is 4. The molecule has 0 unspecified atom stereocenters. The first-order chi connectivity index (χ1) is 12.5. The van der Waals surface area contributed by atoms with E-state index in [0.29, 0.717) is 0 Å². The fourth-order valence-electron chi connectivity index (χ4n) is 0.813. The van der Waals surface area contributed by atoms with Crippen LogP contribution in [-0.2, 0) is 72.5 Å². The maximum absolute atomic E-state index is 9.83. The summed E-state index contributed by atoms with van der Waals surface area (Å²) in [6.45, 7) is 4.82. The van der Waals surface area contributed by atoms with Crippen molar-refractivity contribution in [2.24, 2.45) is 0 Å². The molecule has 0 spiro atoms. The maximum Gasteiger partial charge on any atom is 2.00 e. The van der Waals surface area contributed by atoms with Crippen LogP contribution in [0.25, 0.3) is 0 Å². The first-order valence-electron chi connectivity index (χ1n) is 7.28. The summed E-state index contributed by atoms with van der Waals surface area (Å²) in [6, 6.07) is 0. The second-order valence-corrected chi connectivity index (χ2v) is 5.00. The van der Waals surface area contributed by atoms with Gasteiger partial charge in [-0.25, -0.2) is 0 Å². The molecule has 14 heteroatoms. The number of carbonyl (C=O) groups is 8. The van der Waals surface area contributed by atoms with Gasteiger partial charge in [0.2, 0.25) is 0 Å². The Kier molecular flexibility index (Phi) is 37.1. The van der Waals surface area contributed by atoms with Gasteiger partial charge in [0, 0.05) is 49.6 Å². The largest absolute Gasteiger partial charge is 2.00 e. The third kappa shape index (κ3) is 83.8. The second kappa shape index (κ2) is 26.6. The van der Waals surface area contributed by atoms with Crippen molar-refractivity contribution in [1.82, 2.24) is 0 Å². The van der Waals surface area contributed by atoms with E-state index in [9.17, 15) is 58.8 Å². The van der Waals surface area contributed by atoms with Crippen molar-refractivity contribution in [2.75, 3.05) is 0 Å². The number of carboxylic acid groups (broad SMARTS) is 4. The Morgan fingerprint density at radius 3 is 0.500 bits per heavy atom. The molecule has 178 valence electrons. The number of carbonyl (C=O) groups excluding carboxylic acids is 8. The summed E-state index contributed by atoms with van der Waals surface area (Å²) < 4.78 is 0. The molecule has 0 saturated heterocycles. The van der Waals surface area contributed by atoms with Crippen molar-refractivity contribution in [1.29, 1.82) is 0 Å². The SMILES string of the molecule is CC(=O)CC(=O)[O-].CC(=O)CC(=O)[O-].CC(=O)CC(=O)[O-].CC(=O)CC(=O)[O-].[Cu+2].[Cu+2]. The molecule has 0 fully saturated rings. The van der Waals surface area contributed by atoms with Crippen LogP contribution in [0, 0.1) is 0 Å². The monoisotopic (exact) mass is 530 g/mol. The Morgan fingerprint density at radius 1 is 0.400 bits per heavy atom. The van der Waals surface area contributed by atoms with Crippen LogP contribution in [0.2, 0.25) is 0 Å². The number of rotatable bonds is 8. The number of carboxylic acids is 4. The van der Waals surface area contributed by atoms with Gasteiger partial charge in [0.25, 0.3) is 0 Å². The third-order valence-electron chi connectivity index (χ3n) is 1.57. The predicted octanol–water partition coefficient (Wildman–Crippen LogP) is -5.14. The van der Waals surface area contributed by atoms with Crippen molar-refractivity contribution < 1.29 is 92.9 Å². The van der Waals surface area contributed by atoms with Gasteiger partial charge in [0.15, 0.2) is 0 Å². The smallest absolute Gasteiger partial charge is 0.550 e. The van der Waals surface area contributed by atoms with Crippen LogP contribution in [0.1, 0.15) is 53.4 Å². The molecule has 0 aromatic rings. The van der Waals surface area contributed by atoms with E-state index in [1.807, 2.05) is 0 Å². The zero-order valence-corrected chi connectivity index (χ0v) is 18.2. The van der Waals surface area contributed by atoms with Crippen molar-refractivity contribution >= 4 is 47.0 Å². The van der Waals surface area contributed by atoms with Gasteiger partial charge in [0.05, 0.1) is 0 Å². The number of hydrogen-bond acceptors (Lipinski definition) is 12. The Balaban J connectivity index is -0.0000000626. The molecule has 0 aliphatic carbocycles. The summed E-state index contributed by atoms with van der Waals surface area (Å²) in [5.74, 6) is -6.75. The third-order valence-corrected chi connectivity index (χ3v) is 1.57. The number of aliphatic carboxylic acids is 4. The minimum Gasteiger partial charge on any atom is -0.550 e. The van der Waals surface area contributed by atoms with Gasteiger partial charge in [-0.05, 0) is 27.7 Å². The summed E-state index contributed by atoms with van der Waals surface area (Å²) in [7, 11) is 0. The van der Waals surface area contributed by atoms with E-state index in [0.717, 1.165) is 0 Å². The van der Waals surface area contributed by atoms with Gasteiger partial charge < -0.3 is 39.6 Å². The molecule has 0 aliphatic rings. The Bertz CT molecular complexity index is 447. The maximum atomic E-state index is 9.83. The molecule has 0 bridgehead atoms.